The molecule has 1 aromatic carbocycles. The van der Waals surface area contributed by atoms with E-state index in [0.717, 1.165) is 30.9 Å². The van der Waals surface area contributed by atoms with E-state index in [4.69, 9.17) is 0 Å². The lowest BCUT2D eigenvalue weighted by molar-refractivity contribution is -0.137. The van der Waals surface area contributed by atoms with Crippen LogP contribution in [-0.4, -0.2) is 0 Å². The molecular formula is C17H19F3. The fourth-order valence-electron chi connectivity index (χ4n) is 2.64. The van der Waals surface area contributed by atoms with Crippen molar-refractivity contribution in [1.29, 1.82) is 0 Å². The zero-order chi connectivity index (χ0) is 14.6. The van der Waals surface area contributed by atoms with Crippen LogP contribution >= 0.6 is 0 Å². The van der Waals surface area contributed by atoms with Gasteiger partial charge in [-0.3, -0.25) is 0 Å². The van der Waals surface area contributed by atoms with E-state index < -0.39 is 11.7 Å². The molecule has 0 nitrogen and oxygen atoms in total. The highest BCUT2D eigenvalue weighted by Crippen LogP contribution is 2.30. The molecule has 0 saturated heterocycles. The van der Waals surface area contributed by atoms with Crippen molar-refractivity contribution in [3.63, 3.8) is 0 Å². The molecule has 0 radical (unpaired) electrons. The average Bonchev–Trinajstić information content (AvgIpc) is 2.45. The van der Waals surface area contributed by atoms with Crippen LogP contribution < -0.4 is 0 Å². The summed E-state index contributed by atoms with van der Waals surface area (Å²) < 4.78 is 37.3. The Bertz CT molecular complexity index is 480. The van der Waals surface area contributed by atoms with Crippen LogP contribution in [0.2, 0.25) is 0 Å². The quantitative estimate of drug-likeness (QED) is 0.614. The van der Waals surface area contributed by atoms with E-state index in [1.54, 1.807) is 0 Å². The summed E-state index contributed by atoms with van der Waals surface area (Å²) in [5.41, 5.74) is 0.0436. The normalized spacial score (nSPS) is 23.0. The van der Waals surface area contributed by atoms with Crippen LogP contribution in [-0.2, 0) is 6.18 Å². The molecule has 1 aliphatic rings. The second-order valence-electron chi connectivity index (χ2n) is 5.47. The first kappa shape index (κ1) is 15.0. The van der Waals surface area contributed by atoms with Crippen molar-refractivity contribution in [2.24, 2.45) is 11.8 Å². The summed E-state index contributed by atoms with van der Waals surface area (Å²) >= 11 is 0. The van der Waals surface area contributed by atoms with Crippen LogP contribution in [0.1, 0.15) is 50.2 Å². The van der Waals surface area contributed by atoms with E-state index >= 15 is 0 Å². The average molecular weight is 280 g/mol. The minimum Gasteiger partial charge on any atom is -0.166 e. The van der Waals surface area contributed by atoms with Gasteiger partial charge in [0.2, 0.25) is 0 Å². The SMILES string of the molecule is CC[C@H]1CC[C@H](C#Cc2ccc(C(F)(F)F)cc2)CC1. The minimum absolute atomic E-state index is 0.403. The van der Waals surface area contributed by atoms with E-state index in [9.17, 15) is 13.2 Å². The number of alkyl halides is 3. The van der Waals surface area contributed by atoms with Crippen LogP contribution in [0, 0.1) is 23.7 Å². The molecule has 108 valence electrons. The van der Waals surface area contributed by atoms with Gasteiger partial charge in [0.1, 0.15) is 0 Å². The summed E-state index contributed by atoms with van der Waals surface area (Å²) in [6.07, 6.45) is 1.65. The van der Waals surface area contributed by atoms with E-state index in [1.807, 2.05) is 0 Å². The van der Waals surface area contributed by atoms with Crippen LogP contribution in [0.15, 0.2) is 24.3 Å². The molecule has 0 atom stereocenters. The molecule has 2 rings (SSSR count). The highest BCUT2D eigenvalue weighted by molar-refractivity contribution is 5.37. The zero-order valence-electron chi connectivity index (χ0n) is 11.6. The molecule has 1 aromatic rings. The first-order valence-corrected chi connectivity index (χ1v) is 7.18. The van der Waals surface area contributed by atoms with Gasteiger partial charge in [0.15, 0.2) is 0 Å². The minimum atomic E-state index is -4.27. The predicted octanol–water partition coefficient (Wildman–Crippen LogP) is 5.27. The molecule has 0 aliphatic heterocycles. The summed E-state index contributed by atoms with van der Waals surface area (Å²) in [5.74, 6) is 7.45. The van der Waals surface area contributed by atoms with Crippen LogP contribution in [0.25, 0.3) is 0 Å². The van der Waals surface area contributed by atoms with Crippen molar-refractivity contribution >= 4 is 0 Å². The molecular weight excluding hydrogens is 261 g/mol. The lowest BCUT2D eigenvalue weighted by atomic mass is 9.81. The first-order chi connectivity index (χ1) is 9.49. The largest absolute Gasteiger partial charge is 0.416 e. The molecule has 0 unspecified atom stereocenters. The Balaban J connectivity index is 1.96. The van der Waals surface area contributed by atoms with Gasteiger partial charge in [-0.05, 0) is 55.9 Å². The van der Waals surface area contributed by atoms with Gasteiger partial charge >= 0.3 is 6.18 Å². The third kappa shape index (κ3) is 4.03. The number of hydrogen-bond acceptors (Lipinski definition) is 0. The molecule has 0 heterocycles. The molecule has 3 heteroatoms. The van der Waals surface area contributed by atoms with Gasteiger partial charge in [0, 0.05) is 11.5 Å². The van der Waals surface area contributed by atoms with Crippen LogP contribution in [0.5, 0.6) is 0 Å². The fourth-order valence-corrected chi connectivity index (χ4v) is 2.64. The van der Waals surface area contributed by atoms with Gasteiger partial charge in [-0.2, -0.15) is 13.2 Å². The van der Waals surface area contributed by atoms with Crippen molar-refractivity contribution in [2.75, 3.05) is 0 Å². The third-order valence-electron chi connectivity index (χ3n) is 4.06. The summed E-state index contributed by atoms with van der Waals surface area (Å²) in [7, 11) is 0. The van der Waals surface area contributed by atoms with E-state index in [0.29, 0.717) is 11.5 Å². The Labute approximate surface area is 118 Å². The molecule has 1 aliphatic carbocycles. The van der Waals surface area contributed by atoms with Crippen molar-refractivity contribution in [3.8, 4) is 11.8 Å². The van der Waals surface area contributed by atoms with E-state index in [2.05, 4.69) is 18.8 Å². The van der Waals surface area contributed by atoms with Gasteiger partial charge < -0.3 is 0 Å². The topological polar surface area (TPSA) is 0 Å². The molecule has 0 amide bonds. The van der Waals surface area contributed by atoms with Crippen molar-refractivity contribution < 1.29 is 13.2 Å². The summed E-state index contributed by atoms with van der Waals surface area (Å²) in [5, 5.41) is 0. The second-order valence-corrected chi connectivity index (χ2v) is 5.47. The number of rotatable bonds is 1. The Kier molecular flexibility index (Phi) is 4.75. The summed E-state index contributed by atoms with van der Waals surface area (Å²) in [4.78, 5) is 0. The number of benzene rings is 1. The molecule has 0 bridgehead atoms. The van der Waals surface area contributed by atoms with Crippen LogP contribution in [0.3, 0.4) is 0 Å². The smallest absolute Gasteiger partial charge is 0.166 e. The van der Waals surface area contributed by atoms with Gasteiger partial charge in [-0.15, -0.1) is 0 Å². The van der Waals surface area contributed by atoms with E-state index in [-0.39, 0.29) is 0 Å². The monoisotopic (exact) mass is 280 g/mol. The molecule has 20 heavy (non-hydrogen) atoms. The van der Waals surface area contributed by atoms with Crippen molar-refractivity contribution in [3.05, 3.63) is 35.4 Å². The molecule has 1 saturated carbocycles. The van der Waals surface area contributed by atoms with Crippen molar-refractivity contribution in [2.45, 2.75) is 45.2 Å². The second kappa shape index (κ2) is 6.35. The maximum Gasteiger partial charge on any atom is 0.416 e. The van der Waals surface area contributed by atoms with Crippen molar-refractivity contribution in [1.82, 2.24) is 0 Å². The number of halogens is 3. The highest BCUT2D eigenvalue weighted by atomic mass is 19.4. The zero-order valence-corrected chi connectivity index (χ0v) is 11.6. The predicted molar refractivity (Wildman–Crippen MR) is 74.1 cm³/mol. The maximum atomic E-state index is 12.4. The maximum absolute atomic E-state index is 12.4. The van der Waals surface area contributed by atoms with Gasteiger partial charge in [0.25, 0.3) is 0 Å². The lowest BCUT2D eigenvalue weighted by Gasteiger charge is -2.24. The Morgan fingerprint density at radius 2 is 1.65 bits per heavy atom. The first-order valence-electron chi connectivity index (χ1n) is 7.18. The van der Waals surface area contributed by atoms with Crippen LogP contribution in [0.4, 0.5) is 13.2 Å². The number of hydrogen-bond donors (Lipinski definition) is 0. The molecule has 0 aromatic heterocycles. The van der Waals surface area contributed by atoms with Gasteiger partial charge in [-0.25, -0.2) is 0 Å². The standard InChI is InChI=1S/C17H19F3/c1-2-13-3-5-14(6-4-13)7-8-15-9-11-16(12-10-15)17(18,19)20/h9-14H,2-6H2,1H3/t13-,14-. The molecule has 1 fully saturated rings. The molecule has 0 N–H and O–H groups in total. The lowest BCUT2D eigenvalue weighted by Crippen LogP contribution is -2.12. The fraction of sp³-hybridized carbons (Fsp3) is 0.529. The Hall–Kier alpha value is -1.43. The van der Waals surface area contributed by atoms with E-state index in [1.165, 1.54) is 31.4 Å². The highest BCUT2D eigenvalue weighted by Gasteiger charge is 2.29. The van der Waals surface area contributed by atoms with Gasteiger partial charge in [0.05, 0.1) is 5.56 Å². The summed E-state index contributed by atoms with van der Waals surface area (Å²) in [6, 6.07) is 5.09. The molecule has 0 spiro atoms. The Morgan fingerprint density at radius 1 is 1.05 bits per heavy atom. The van der Waals surface area contributed by atoms with Gasteiger partial charge in [-0.1, -0.05) is 25.2 Å². The Morgan fingerprint density at radius 3 is 2.15 bits per heavy atom. The third-order valence-corrected chi connectivity index (χ3v) is 4.06. The summed E-state index contributed by atoms with van der Waals surface area (Å²) in [6.45, 7) is 2.22.